The number of ether oxygens (including phenoxy) is 1. The summed E-state index contributed by atoms with van der Waals surface area (Å²) in [5.74, 6) is 1.34. The molecule has 0 saturated carbocycles. The van der Waals surface area contributed by atoms with Gasteiger partial charge in [-0.1, -0.05) is 6.07 Å². The highest BCUT2D eigenvalue weighted by Gasteiger charge is 2.09. The van der Waals surface area contributed by atoms with E-state index in [2.05, 4.69) is 30.2 Å². The summed E-state index contributed by atoms with van der Waals surface area (Å²) >= 11 is 0. The zero-order valence-corrected chi connectivity index (χ0v) is 12.6. The van der Waals surface area contributed by atoms with Crippen molar-refractivity contribution in [2.45, 2.75) is 40.2 Å². The zero-order valence-electron chi connectivity index (χ0n) is 12.6. The second-order valence-corrected chi connectivity index (χ2v) is 5.81. The van der Waals surface area contributed by atoms with E-state index in [9.17, 15) is 0 Å². The van der Waals surface area contributed by atoms with Crippen LogP contribution in [0.1, 0.15) is 31.9 Å². The van der Waals surface area contributed by atoms with Crippen LogP contribution in [-0.4, -0.2) is 24.7 Å². The monoisotopic (exact) mass is 263 g/mol. The fourth-order valence-corrected chi connectivity index (χ4v) is 1.77. The first kappa shape index (κ1) is 15.3. The lowest BCUT2D eigenvalue weighted by Crippen LogP contribution is -2.45. The van der Waals surface area contributed by atoms with E-state index in [4.69, 9.17) is 10.5 Å². The number of aryl methyl sites for hydroxylation is 2. The van der Waals surface area contributed by atoms with Gasteiger partial charge in [0.05, 0.1) is 6.54 Å². The molecule has 0 aliphatic heterocycles. The Hall–Kier alpha value is -1.71. The van der Waals surface area contributed by atoms with Crippen LogP contribution in [-0.2, 0) is 0 Å². The SMILES string of the molecule is Cc1cc(C)cc(OCCN=C(N)NC(C)(C)C)c1. The highest BCUT2D eigenvalue weighted by atomic mass is 16.5. The summed E-state index contributed by atoms with van der Waals surface area (Å²) in [5, 5.41) is 3.11. The van der Waals surface area contributed by atoms with Crippen LogP contribution in [0.5, 0.6) is 5.75 Å². The van der Waals surface area contributed by atoms with E-state index in [1.54, 1.807) is 0 Å². The Labute approximate surface area is 116 Å². The molecule has 0 fully saturated rings. The Morgan fingerprint density at radius 3 is 2.32 bits per heavy atom. The molecule has 0 aliphatic carbocycles. The van der Waals surface area contributed by atoms with Crippen molar-refractivity contribution in [1.29, 1.82) is 0 Å². The molecule has 0 bridgehead atoms. The minimum absolute atomic E-state index is 0.0674. The van der Waals surface area contributed by atoms with Gasteiger partial charge in [0, 0.05) is 5.54 Å². The molecular weight excluding hydrogens is 238 g/mol. The van der Waals surface area contributed by atoms with Crippen LogP contribution in [0.25, 0.3) is 0 Å². The smallest absolute Gasteiger partial charge is 0.189 e. The third-order valence-electron chi connectivity index (χ3n) is 2.34. The van der Waals surface area contributed by atoms with E-state index in [0.29, 0.717) is 19.1 Å². The molecule has 4 heteroatoms. The van der Waals surface area contributed by atoms with E-state index in [1.807, 2.05) is 32.9 Å². The second kappa shape index (κ2) is 6.45. The van der Waals surface area contributed by atoms with Crippen LogP contribution < -0.4 is 15.8 Å². The number of nitrogens with one attached hydrogen (secondary N) is 1. The van der Waals surface area contributed by atoms with Crippen molar-refractivity contribution in [3.05, 3.63) is 29.3 Å². The summed E-state index contributed by atoms with van der Waals surface area (Å²) in [6.07, 6.45) is 0. The van der Waals surface area contributed by atoms with Gasteiger partial charge in [-0.25, -0.2) is 4.99 Å². The molecule has 0 aliphatic rings. The van der Waals surface area contributed by atoms with Crippen LogP contribution >= 0.6 is 0 Å². The molecule has 0 heterocycles. The third kappa shape index (κ3) is 6.70. The Morgan fingerprint density at radius 1 is 1.21 bits per heavy atom. The molecule has 4 nitrogen and oxygen atoms in total. The van der Waals surface area contributed by atoms with E-state index in [0.717, 1.165) is 5.75 Å². The Morgan fingerprint density at radius 2 is 1.79 bits per heavy atom. The van der Waals surface area contributed by atoms with Gasteiger partial charge in [0.15, 0.2) is 5.96 Å². The number of aliphatic imine (C=N–C) groups is 1. The molecule has 1 aromatic rings. The molecule has 0 unspecified atom stereocenters. The maximum atomic E-state index is 5.77. The molecule has 0 aromatic heterocycles. The van der Waals surface area contributed by atoms with Gasteiger partial charge in [-0.15, -0.1) is 0 Å². The summed E-state index contributed by atoms with van der Waals surface area (Å²) in [6, 6.07) is 6.16. The molecule has 0 amide bonds. The standard InChI is InChI=1S/C15H25N3O/c1-11-8-12(2)10-13(9-11)19-7-6-17-14(16)18-15(3,4)5/h8-10H,6-7H2,1-5H3,(H3,16,17,18). The van der Waals surface area contributed by atoms with Crippen molar-refractivity contribution in [1.82, 2.24) is 5.32 Å². The minimum atomic E-state index is -0.0674. The molecule has 1 aromatic carbocycles. The first-order chi connectivity index (χ1) is 8.76. The van der Waals surface area contributed by atoms with E-state index < -0.39 is 0 Å². The van der Waals surface area contributed by atoms with Gasteiger partial charge in [0.2, 0.25) is 0 Å². The largest absolute Gasteiger partial charge is 0.492 e. The van der Waals surface area contributed by atoms with Crippen LogP contribution in [0, 0.1) is 13.8 Å². The summed E-state index contributed by atoms with van der Waals surface area (Å²) in [7, 11) is 0. The molecule has 1 rings (SSSR count). The van der Waals surface area contributed by atoms with Crippen LogP contribution in [0.4, 0.5) is 0 Å². The average molecular weight is 263 g/mol. The van der Waals surface area contributed by atoms with Gasteiger partial charge in [0.25, 0.3) is 0 Å². The predicted molar refractivity (Wildman–Crippen MR) is 80.8 cm³/mol. The van der Waals surface area contributed by atoms with Crippen LogP contribution in [0.15, 0.2) is 23.2 Å². The maximum Gasteiger partial charge on any atom is 0.189 e. The number of guanidine groups is 1. The lowest BCUT2D eigenvalue weighted by molar-refractivity contribution is 0.328. The Bertz CT molecular complexity index is 427. The summed E-state index contributed by atoms with van der Waals surface area (Å²) in [6.45, 7) is 11.3. The van der Waals surface area contributed by atoms with Gasteiger partial charge >= 0.3 is 0 Å². The van der Waals surface area contributed by atoms with Crippen molar-refractivity contribution in [2.75, 3.05) is 13.2 Å². The van der Waals surface area contributed by atoms with E-state index in [1.165, 1.54) is 11.1 Å². The summed E-state index contributed by atoms with van der Waals surface area (Å²) < 4.78 is 5.66. The van der Waals surface area contributed by atoms with Crippen molar-refractivity contribution in [2.24, 2.45) is 10.7 Å². The van der Waals surface area contributed by atoms with Crippen molar-refractivity contribution in [3.8, 4) is 5.75 Å². The second-order valence-electron chi connectivity index (χ2n) is 5.81. The molecule has 106 valence electrons. The topological polar surface area (TPSA) is 59.6 Å². The molecule has 0 radical (unpaired) electrons. The van der Waals surface area contributed by atoms with E-state index in [-0.39, 0.29) is 5.54 Å². The first-order valence-corrected chi connectivity index (χ1v) is 6.55. The molecule has 0 atom stereocenters. The first-order valence-electron chi connectivity index (χ1n) is 6.55. The minimum Gasteiger partial charge on any atom is -0.492 e. The van der Waals surface area contributed by atoms with E-state index >= 15 is 0 Å². The average Bonchev–Trinajstić information content (AvgIpc) is 2.20. The highest BCUT2D eigenvalue weighted by Crippen LogP contribution is 2.15. The molecule has 3 N–H and O–H groups in total. The fourth-order valence-electron chi connectivity index (χ4n) is 1.77. The van der Waals surface area contributed by atoms with Gasteiger partial charge in [0.1, 0.15) is 12.4 Å². The Balaban J connectivity index is 2.40. The normalized spacial score (nSPS) is 12.4. The number of hydrogen-bond donors (Lipinski definition) is 2. The number of benzene rings is 1. The quantitative estimate of drug-likeness (QED) is 0.498. The van der Waals surface area contributed by atoms with Gasteiger partial charge in [-0.2, -0.15) is 0 Å². The number of nitrogens with two attached hydrogens (primary N) is 1. The van der Waals surface area contributed by atoms with Gasteiger partial charge < -0.3 is 15.8 Å². The molecule has 0 spiro atoms. The molecule has 0 saturated heterocycles. The number of rotatable bonds is 4. The molecular formula is C15H25N3O. The lowest BCUT2D eigenvalue weighted by Gasteiger charge is -2.20. The molecule has 19 heavy (non-hydrogen) atoms. The lowest BCUT2D eigenvalue weighted by atomic mass is 10.1. The maximum absolute atomic E-state index is 5.77. The van der Waals surface area contributed by atoms with Crippen molar-refractivity contribution >= 4 is 5.96 Å². The number of nitrogens with zero attached hydrogens (tertiary/aromatic N) is 1. The fraction of sp³-hybridized carbons (Fsp3) is 0.533. The number of hydrogen-bond acceptors (Lipinski definition) is 2. The summed E-state index contributed by atoms with van der Waals surface area (Å²) in [4.78, 5) is 4.23. The van der Waals surface area contributed by atoms with Gasteiger partial charge in [-0.3, -0.25) is 0 Å². The zero-order chi connectivity index (χ0) is 14.5. The van der Waals surface area contributed by atoms with Crippen molar-refractivity contribution < 1.29 is 4.74 Å². The Kier molecular flexibility index (Phi) is 5.21. The third-order valence-corrected chi connectivity index (χ3v) is 2.34. The van der Waals surface area contributed by atoms with Crippen LogP contribution in [0.2, 0.25) is 0 Å². The predicted octanol–water partition coefficient (Wildman–Crippen LogP) is 2.39. The highest BCUT2D eigenvalue weighted by molar-refractivity contribution is 5.78. The van der Waals surface area contributed by atoms with Crippen LogP contribution in [0.3, 0.4) is 0 Å². The van der Waals surface area contributed by atoms with Gasteiger partial charge in [-0.05, 0) is 57.9 Å². The van der Waals surface area contributed by atoms with Crippen molar-refractivity contribution in [3.63, 3.8) is 0 Å². The summed E-state index contributed by atoms with van der Waals surface area (Å²) in [5.41, 5.74) is 8.11.